The first-order valence-electron chi connectivity index (χ1n) is 7.26. The molecule has 2 aromatic carbocycles. The lowest BCUT2D eigenvalue weighted by atomic mass is 10.2. The van der Waals surface area contributed by atoms with Gasteiger partial charge in [-0.3, -0.25) is 4.79 Å². The van der Waals surface area contributed by atoms with Crippen LogP contribution >= 0.6 is 11.8 Å². The topological polar surface area (TPSA) is 32.3 Å². The second kappa shape index (κ2) is 7.90. The first-order valence-corrected chi connectivity index (χ1v) is 8.41. The van der Waals surface area contributed by atoms with Gasteiger partial charge in [0, 0.05) is 19.8 Å². The van der Waals surface area contributed by atoms with Crippen LogP contribution in [0.4, 0.5) is 11.4 Å². The summed E-state index contributed by atoms with van der Waals surface area (Å²) in [7, 11) is 3.94. The minimum absolute atomic E-state index is 0.0342. The molecule has 4 heteroatoms. The van der Waals surface area contributed by atoms with Crippen LogP contribution in [0.25, 0.3) is 0 Å². The van der Waals surface area contributed by atoms with Crippen LogP contribution in [0, 0.1) is 6.92 Å². The minimum atomic E-state index is 0.0342. The summed E-state index contributed by atoms with van der Waals surface area (Å²) < 4.78 is 0. The zero-order valence-electron chi connectivity index (χ0n) is 13.3. The SMILES string of the molecule is Cc1cccc(CSCC(=O)Nc2ccccc2N(C)C)c1. The fraction of sp³-hybridized carbons (Fsp3) is 0.278. The Morgan fingerprint density at radius 2 is 1.91 bits per heavy atom. The number of carbonyl (C=O) groups is 1. The van der Waals surface area contributed by atoms with E-state index in [1.807, 2.05) is 43.3 Å². The maximum atomic E-state index is 12.1. The van der Waals surface area contributed by atoms with Gasteiger partial charge in [-0.1, -0.05) is 42.0 Å². The molecule has 2 rings (SSSR count). The predicted octanol–water partition coefficient (Wildman–Crippen LogP) is 3.93. The van der Waals surface area contributed by atoms with Gasteiger partial charge in [0.1, 0.15) is 0 Å². The van der Waals surface area contributed by atoms with Crippen molar-refractivity contribution in [2.24, 2.45) is 0 Å². The van der Waals surface area contributed by atoms with Crippen molar-refractivity contribution in [2.45, 2.75) is 12.7 Å². The average Bonchev–Trinajstić information content (AvgIpc) is 2.47. The van der Waals surface area contributed by atoms with Gasteiger partial charge in [-0.15, -0.1) is 11.8 Å². The molecule has 0 aliphatic heterocycles. The Balaban J connectivity index is 1.86. The van der Waals surface area contributed by atoms with Crippen molar-refractivity contribution in [3.8, 4) is 0 Å². The Morgan fingerprint density at radius 1 is 1.14 bits per heavy atom. The highest BCUT2D eigenvalue weighted by molar-refractivity contribution is 7.99. The molecule has 0 aliphatic rings. The van der Waals surface area contributed by atoms with Gasteiger partial charge in [-0.25, -0.2) is 0 Å². The molecule has 0 saturated heterocycles. The van der Waals surface area contributed by atoms with Crippen LogP contribution in [0.15, 0.2) is 48.5 Å². The summed E-state index contributed by atoms with van der Waals surface area (Å²) in [6, 6.07) is 16.2. The number of rotatable bonds is 6. The number of aryl methyl sites for hydroxylation is 1. The highest BCUT2D eigenvalue weighted by atomic mass is 32.2. The van der Waals surface area contributed by atoms with Gasteiger partial charge in [-0.05, 0) is 24.6 Å². The number of hydrogen-bond donors (Lipinski definition) is 1. The number of amides is 1. The maximum Gasteiger partial charge on any atom is 0.234 e. The molecule has 0 unspecified atom stereocenters. The van der Waals surface area contributed by atoms with Gasteiger partial charge in [0.05, 0.1) is 17.1 Å². The number of para-hydroxylation sites is 2. The lowest BCUT2D eigenvalue weighted by Crippen LogP contribution is -2.18. The number of nitrogens with zero attached hydrogens (tertiary/aromatic N) is 1. The van der Waals surface area contributed by atoms with Crippen molar-refractivity contribution in [1.29, 1.82) is 0 Å². The molecule has 0 fully saturated rings. The smallest absolute Gasteiger partial charge is 0.234 e. The Bertz CT molecular complexity index is 640. The van der Waals surface area contributed by atoms with Crippen molar-refractivity contribution in [3.63, 3.8) is 0 Å². The summed E-state index contributed by atoms with van der Waals surface area (Å²) in [6.45, 7) is 2.08. The second-order valence-electron chi connectivity index (χ2n) is 5.44. The van der Waals surface area contributed by atoms with Crippen molar-refractivity contribution >= 4 is 29.0 Å². The van der Waals surface area contributed by atoms with Crippen molar-refractivity contribution in [3.05, 3.63) is 59.7 Å². The Morgan fingerprint density at radius 3 is 2.64 bits per heavy atom. The molecule has 0 aromatic heterocycles. The van der Waals surface area contributed by atoms with E-state index in [1.165, 1.54) is 11.1 Å². The summed E-state index contributed by atoms with van der Waals surface area (Å²) in [5.41, 5.74) is 4.38. The van der Waals surface area contributed by atoms with Gasteiger partial charge >= 0.3 is 0 Å². The van der Waals surface area contributed by atoms with E-state index in [4.69, 9.17) is 0 Å². The van der Waals surface area contributed by atoms with E-state index in [1.54, 1.807) is 11.8 Å². The van der Waals surface area contributed by atoms with Gasteiger partial charge in [0.2, 0.25) is 5.91 Å². The summed E-state index contributed by atoms with van der Waals surface area (Å²) >= 11 is 1.63. The summed E-state index contributed by atoms with van der Waals surface area (Å²) in [5, 5.41) is 2.99. The number of carbonyl (C=O) groups excluding carboxylic acids is 1. The van der Waals surface area contributed by atoms with Crippen LogP contribution in [-0.2, 0) is 10.5 Å². The van der Waals surface area contributed by atoms with Crippen molar-refractivity contribution in [1.82, 2.24) is 0 Å². The summed E-state index contributed by atoms with van der Waals surface area (Å²) in [6.07, 6.45) is 0. The molecule has 0 radical (unpaired) electrons. The molecular formula is C18H22N2OS. The normalized spacial score (nSPS) is 10.3. The Kier molecular flexibility index (Phi) is 5.90. The van der Waals surface area contributed by atoms with Crippen LogP contribution in [0.2, 0.25) is 0 Å². The van der Waals surface area contributed by atoms with Gasteiger partial charge in [0.15, 0.2) is 0 Å². The Hall–Kier alpha value is -1.94. The van der Waals surface area contributed by atoms with E-state index in [-0.39, 0.29) is 5.91 Å². The number of nitrogens with one attached hydrogen (secondary N) is 1. The van der Waals surface area contributed by atoms with Crippen LogP contribution in [0.3, 0.4) is 0 Å². The third kappa shape index (κ3) is 4.81. The standard InChI is InChI=1S/C18H22N2OS/c1-14-7-6-8-15(11-14)12-22-13-18(21)19-16-9-4-5-10-17(16)20(2)3/h4-11H,12-13H2,1-3H3,(H,19,21). The van der Waals surface area contributed by atoms with Crippen LogP contribution < -0.4 is 10.2 Å². The van der Waals surface area contributed by atoms with E-state index < -0.39 is 0 Å². The van der Waals surface area contributed by atoms with Crippen LogP contribution in [-0.4, -0.2) is 25.8 Å². The average molecular weight is 314 g/mol. The summed E-state index contributed by atoms with van der Waals surface area (Å²) in [5.74, 6) is 1.34. The van der Waals surface area contributed by atoms with E-state index >= 15 is 0 Å². The molecule has 0 saturated carbocycles. The lowest BCUT2D eigenvalue weighted by Gasteiger charge is -2.17. The van der Waals surface area contributed by atoms with Crippen molar-refractivity contribution in [2.75, 3.05) is 30.1 Å². The predicted molar refractivity (Wildman–Crippen MR) is 96.7 cm³/mol. The number of anilines is 2. The number of hydrogen-bond acceptors (Lipinski definition) is 3. The van der Waals surface area contributed by atoms with Gasteiger partial charge in [0.25, 0.3) is 0 Å². The maximum absolute atomic E-state index is 12.1. The van der Waals surface area contributed by atoms with Gasteiger partial charge < -0.3 is 10.2 Å². The highest BCUT2D eigenvalue weighted by Gasteiger charge is 2.08. The van der Waals surface area contributed by atoms with Crippen LogP contribution in [0.5, 0.6) is 0 Å². The van der Waals surface area contributed by atoms with E-state index in [0.29, 0.717) is 5.75 Å². The largest absolute Gasteiger partial charge is 0.376 e. The fourth-order valence-corrected chi connectivity index (χ4v) is 2.99. The third-order valence-electron chi connectivity index (χ3n) is 3.24. The molecule has 0 atom stereocenters. The molecule has 22 heavy (non-hydrogen) atoms. The van der Waals surface area contributed by atoms with Gasteiger partial charge in [-0.2, -0.15) is 0 Å². The molecule has 116 valence electrons. The molecular weight excluding hydrogens is 292 g/mol. The molecule has 0 heterocycles. The number of thioether (sulfide) groups is 1. The lowest BCUT2D eigenvalue weighted by molar-refractivity contribution is -0.113. The van der Waals surface area contributed by atoms with E-state index in [0.717, 1.165) is 17.1 Å². The number of benzene rings is 2. The first-order chi connectivity index (χ1) is 10.6. The zero-order chi connectivity index (χ0) is 15.9. The summed E-state index contributed by atoms with van der Waals surface area (Å²) in [4.78, 5) is 14.1. The molecule has 0 spiro atoms. The molecule has 1 amide bonds. The second-order valence-corrected chi connectivity index (χ2v) is 6.43. The third-order valence-corrected chi connectivity index (χ3v) is 4.25. The monoisotopic (exact) mass is 314 g/mol. The quantitative estimate of drug-likeness (QED) is 0.877. The molecule has 0 aliphatic carbocycles. The molecule has 0 bridgehead atoms. The zero-order valence-corrected chi connectivity index (χ0v) is 14.1. The Labute approximate surface area is 136 Å². The first kappa shape index (κ1) is 16.4. The van der Waals surface area contributed by atoms with Crippen molar-refractivity contribution < 1.29 is 4.79 Å². The highest BCUT2D eigenvalue weighted by Crippen LogP contribution is 2.23. The minimum Gasteiger partial charge on any atom is -0.376 e. The van der Waals surface area contributed by atoms with E-state index in [2.05, 4.69) is 36.5 Å². The molecule has 2 aromatic rings. The van der Waals surface area contributed by atoms with E-state index in [9.17, 15) is 4.79 Å². The molecule has 3 nitrogen and oxygen atoms in total. The fourth-order valence-electron chi connectivity index (χ4n) is 2.22. The van der Waals surface area contributed by atoms with Crippen LogP contribution in [0.1, 0.15) is 11.1 Å². The molecule has 1 N–H and O–H groups in total.